The average Bonchev–Trinajstić information content (AvgIpc) is 2.98. The molecule has 3 rings (SSSR count). The SMILES string of the molecule is Cc1cc(-c2ncc(C)s2)nc(C2CCCN2)n1. The summed E-state index contributed by atoms with van der Waals surface area (Å²) in [5, 5.41) is 4.43. The quantitative estimate of drug-likeness (QED) is 0.902. The molecule has 94 valence electrons. The normalized spacial score (nSPS) is 19.3. The molecule has 0 spiro atoms. The minimum atomic E-state index is 0.310. The Hall–Kier alpha value is -1.33. The molecule has 0 saturated carbocycles. The van der Waals surface area contributed by atoms with Gasteiger partial charge in [0.1, 0.15) is 16.5 Å². The van der Waals surface area contributed by atoms with Crippen LogP contribution in [0.5, 0.6) is 0 Å². The number of hydrogen-bond acceptors (Lipinski definition) is 5. The van der Waals surface area contributed by atoms with Gasteiger partial charge in [0.15, 0.2) is 0 Å². The Labute approximate surface area is 111 Å². The largest absolute Gasteiger partial charge is 0.307 e. The van der Waals surface area contributed by atoms with Crippen molar-refractivity contribution in [2.45, 2.75) is 32.7 Å². The zero-order valence-electron chi connectivity index (χ0n) is 10.6. The van der Waals surface area contributed by atoms with E-state index in [1.54, 1.807) is 11.3 Å². The molecule has 0 bridgehead atoms. The Morgan fingerprint density at radius 2 is 2.22 bits per heavy atom. The van der Waals surface area contributed by atoms with E-state index >= 15 is 0 Å². The zero-order chi connectivity index (χ0) is 12.5. The lowest BCUT2D eigenvalue weighted by Crippen LogP contribution is -2.16. The summed E-state index contributed by atoms with van der Waals surface area (Å²) in [6, 6.07) is 2.32. The number of nitrogens with one attached hydrogen (secondary N) is 1. The lowest BCUT2D eigenvalue weighted by Gasteiger charge is -2.10. The first-order valence-electron chi connectivity index (χ1n) is 6.24. The standard InChI is InChI=1S/C13H16N4S/c1-8-6-11(13-15-7-9(2)18-13)17-12(16-8)10-4-3-5-14-10/h6-7,10,14H,3-5H2,1-2H3. The van der Waals surface area contributed by atoms with Gasteiger partial charge in [-0.15, -0.1) is 11.3 Å². The summed E-state index contributed by atoms with van der Waals surface area (Å²) in [6.07, 6.45) is 4.22. The third kappa shape index (κ3) is 2.28. The van der Waals surface area contributed by atoms with Crippen LogP contribution in [0.15, 0.2) is 12.3 Å². The molecule has 1 aliphatic heterocycles. The predicted molar refractivity (Wildman–Crippen MR) is 72.6 cm³/mol. The number of aromatic nitrogens is 3. The van der Waals surface area contributed by atoms with Gasteiger partial charge in [0.2, 0.25) is 0 Å². The van der Waals surface area contributed by atoms with Gasteiger partial charge in [-0.3, -0.25) is 0 Å². The van der Waals surface area contributed by atoms with Crippen molar-refractivity contribution in [1.82, 2.24) is 20.3 Å². The van der Waals surface area contributed by atoms with Crippen molar-refractivity contribution in [3.63, 3.8) is 0 Å². The van der Waals surface area contributed by atoms with Gasteiger partial charge >= 0.3 is 0 Å². The van der Waals surface area contributed by atoms with Crippen LogP contribution < -0.4 is 5.32 Å². The van der Waals surface area contributed by atoms with E-state index in [2.05, 4.69) is 27.2 Å². The molecular formula is C13H16N4S. The summed E-state index contributed by atoms with van der Waals surface area (Å²) in [7, 11) is 0. The number of aryl methyl sites for hydroxylation is 2. The molecule has 1 unspecified atom stereocenters. The zero-order valence-corrected chi connectivity index (χ0v) is 11.4. The van der Waals surface area contributed by atoms with Crippen LogP contribution in [-0.2, 0) is 0 Å². The summed E-state index contributed by atoms with van der Waals surface area (Å²) in [4.78, 5) is 14.8. The van der Waals surface area contributed by atoms with E-state index in [1.165, 1.54) is 11.3 Å². The van der Waals surface area contributed by atoms with Gasteiger partial charge in [0.05, 0.1) is 6.04 Å². The van der Waals surface area contributed by atoms with Crippen molar-refractivity contribution in [2.24, 2.45) is 0 Å². The Balaban J connectivity index is 1.99. The maximum Gasteiger partial charge on any atom is 0.146 e. The van der Waals surface area contributed by atoms with Gasteiger partial charge in [-0.25, -0.2) is 15.0 Å². The van der Waals surface area contributed by atoms with E-state index in [0.717, 1.165) is 35.2 Å². The van der Waals surface area contributed by atoms with E-state index in [4.69, 9.17) is 0 Å². The van der Waals surface area contributed by atoms with Crippen molar-refractivity contribution < 1.29 is 0 Å². The van der Waals surface area contributed by atoms with E-state index in [0.29, 0.717) is 6.04 Å². The lowest BCUT2D eigenvalue weighted by molar-refractivity contribution is 0.603. The monoisotopic (exact) mass is 260 g/mol. The highest BCUT2D eigenvalue weighted by molar-refractivity contribution is 7.14. The fourth-order valence-electron chi connectivity index (χ4n) is 2.23. The molecule has 2 aromatic heterocycles. The Morgan fingerprint density at radius 1 is 1.33 bits per heavy atom. The first kappa shape index (κ1) is 11.7. The molecule has 1 atom stereocenters. The maximum atomic E-state index is 4.67. The Kier molecular flexibility index (Phi) is 3.09. The molecule has 18 heavy (non-hydrogen) atoms. The number of nitrogens with zero attached hydrogens (tertiary/aromatic N) is 3. The molecule has 2 aromatic rings. The average molecular weight is 260 g/mol. The maximum absolute atomic E-state index is 4.67. The Bertz CT molecular complexity index is 558. The van der Waals surface area contributed by atoms with Crippen molar-refractivity contribution in [3.05, 3.63) is 28.7 Å². The number of rotatable bonds is 2. The fourth-order valence-corrected chi connectivity index (χ4v) is 2.96. The first-order valence-corrected chi connectivity index (χ1v) is 7.06. The molecule has 3 heterocycles. The minimum absolute atomic E-state index is 0.310. The molecule has 1 aliphatic rings. The summed E-state index contributed by atoms with van der Waals surface area (Å²) >= 11 is 1.68. The highest BCUT2D eigenvalue weighted by Crippen LogP contribution is 2.26. The minimum Gasteiger partial charge on any atom is -0.307 e. The fraction of sp³-hybridized carbons (Fsp3) is 0.462. The smallest absolute Gasteiger partial charge is 0.146 e. The summed E-state index contributed by atoms with van der Waals surface area (Å²) in [5.41, 5.74) is 1.96. The van der Waals surface area contributed by atoms with Crippen LogP contribution >= 0.6 is 11.3 Å². The van der Waals surface area contributed by atoms with Crippen molar-refractivity contribution >= 4 is 11.3 Å². The molecule has 1 saturated heterocycles. The summed E-state index contributed by atoms with van der Waals surface area (Å²) < 4.78 is 0. The van der Waals surface area contributed by atoms with E-state index in [9.17, 15) is 0 Å². The molecule has 0 radical (unpaired) electrons. The second-order valence-corrected chi connectivity index (χ2v) is 5.91. The van der Waals surface area contributed by atoms with E-state index in [-0.39, 0.29) is 0 Å². The lowest BCUT2D eigenvalue weighted by atomic mass is 10.2. The van der Waals surface area contributed by atoms with Gasteiger partial charge < -0.3 is 5.32 Å². The van der Waals surface area contributed by atoms with Crippen molar-refractivity contribution in [3.8, 4) is 10.7 Å². The van der Waals surface area contributed by atoms with Gasteiger partial charge in [-0.1, -0.05) is 0 Å². The molecule has 5 heteroatoms. The molecule has 0 aliphatic carbocycles. The van der Waals surface area contributed by atoms with Gasteiger partial charge in [-0.05, 0) is 39.3 Å². The third-order valence-corrected chi connectivity index (χ3v) is 4.02. The van der Waals surface area contributed by atoms with Crippen molar-refractivity contribution in [1.29, 1.82) is 0 Å². The second kappa shape index (κ2) is 4.74. The van der Waals surface area contributed by atoms with Crippen LogP contribution in [0.4, 0.5) is 0 Å². The molecular weight excluding hydrogens is 244 g/mol. The highest BCUT2D eigenvalue weighted by atomic mass is 32.1. The third-order valence-electron chi connectivity index (χ3n) is 3.08. The molecule has 4 nitrogen and oxygen atoms in total. The first-order chi connectivity index (χ1) is 8.72. The highest BCUT2D eigenvalue weighted by Gasteiger charge is 2.20. The molecule has 0 aromatic carbocycles. The van der Waals surface area contributed by atoms with Crippen LogP contribution in [-0.4, -0.2) is 21.5 Å². The number of hydrogen-bond donors (Lipinski definition) is 1. The topological polar surface area (TPSA) is 50.7 Å². The van der Waals surface area contributed by atoms with Gasteiger partial charge in [0.25, 0.3) is 0 Å². The second-order valence-electron chi connectivity index (χ2n) is 4.68. The van der Waals surface area contributed by atoms with Crippen LogP contribution in [0.3, 0.4) is 0 Å². The molecule has 1 N–H and O–H groups in total. The van der Waals surface area contributed by atoms with E-state index in [1.807, 2.05) is 19.2 Å². The predicted octanol–water partition coefficient (Wildman–Crippen LogP) is 2.64. The van der Waals surface area contributed by atoms with Crippen LogP contribution in [0, 0.1) is 13.8 Å². The van der Waals surface area contributed by atoms with Crippen molar-refractivity contribution in [2.75, 3.05) is 6.54 Å². The van der Waals surface area contributed by atoms with E-state index < -0.39 is 0 Å². The molecule has 0 amide bonds. The van der Waals surface area contributed by atoms with Gasteiger partial charge in [-0.2, -0.15) is 0 Å². The Morgan fingerprint density at radius 3 is 2.89 bits per heavy atom. The number of thiazole rings is 1. The summed E-state index contributed by atoms with van der Waals surface area (Å²) in [6.45, 7) is 5.15. The van der Waals surface area contributed by atoms with Crippen LogP contribution in [0.1, 0.15) is 35.3 Å². The van der Waals surface area contributed by atoms with Crippen LogP contribution in [0.2, 0.25) is 0 Å². The summed E-state index contributed by atoms with van der Waals surface area (Å²) in [5.74, 6) is 0.912. The van der Waals surface area contributed by atoms with Crippen LogP contribution in [0.25, 0.3) is 10.7 Å². The van der Waals surface area contributed by atoms with Gasteiger partial charge in [0, 0.05) is 16.8 Å². The molecule has 1 fully saturated rings.